The van der Waals surface area contributed by atoms with Crippen molar-refractivity contribution in [2.75, 3.05) is 13.2 Å². The molecule has 1 aliphatic heterocycles. The van der Waals surface area contributed by atoms with Crippen molar-refractivity contribution in [1.82, 2.24) is 0 Å². The lowest BCUT2D eigenvalue weighted by molar-refractivity contribution is -0.157. The molecule has 5 nitrogen and oxygen atoms in total. The average molecular weight is 889 g/mol. The van der Waals surface area contributed by atoms with Gasteiger partial charge in [-0.2, -0.15) is 0 Å². The molecule has 1 N–H and O–H groups in total. The van der Waals surface area contributed by atoms with E-state index in [1.165, 1.54) is 57.8 Å². The molecule has 2 unspecified atom stereocenters. The first-order chi connectivity index (χ1) is 30.3. The van der Waals surface area contributed by atoms with Crippen molar-refractivity contribution in [2.24, 2.45) is 5.92 Å². The summed E-state index contributed by atoms with van der Waals surface area (Å²) < 4.78 is 21.8. The molecule has 0 spiro atoms. The number of unbranched alkanes of at least 4 members (excludes halogenated alkanes) is 11. The van der Waals surface area contributed by atoms with Crippen molar-refractivity contribution < 1.29 is 23.5 Å². The molecule has 4 aromatic rings. The molecular weight excluding hydrogens is 809 g/mol. The number of carbonyl (C=O) groups excluding carboxylic acids is 1. The molecule has 0 saturated carbocycles. The minimum atomic E-state index is -3.03. The predicted octanol–water partition coefficient (Wildman–Crippen LogP) is 11.8. The van der Waals surface area contributed by atoms with Crippen molar-refractivity contribution in [2.45, 2.75) is 167 Å². The number of allylic oxidation sites excluding steroid dienone is 2. The van der Waals surface area contributed by atoms with Crippen LogP contribution in [0.3, 0.4) is 0 Å². The van der Waals surface area contributed by atoms with E-state index in [4.69, 9.17) is 13.6 Å². The number of aliphatic hydroxyl groups excluding tert-OH is 1. The molecule has 0 amide bonds. The largest absolute Gasteiger partial charge is 0.454 e. The van der Waals surface area contributed by atoms with Crippen molar-refractivity contribution in [3.63, 3.8) is 0 Å². The van der Waals surface area contributed by atoms with E-state index in [1.54, 1.807) is 0 Å². The Morgan fingerprint density at radius 3 is 1.30 bits per heavy atom. The fourth-order valence-corrected chi connectivity index (χ4v) is 19.2. The van der Waals surface area contributed by atoms with Crippen LogP contribution in [0.25, 0.3) is 0 Å². The van der Waals surface area contributed by atoms with Crippen LogP contribution in [0.4, 0.5) is 0 Å². The Bertz CT molecular complexity index is 1740. The van der Waals surface area contributed by atoms with Crippen molar-refractivity contribution in [3.05, 3.63) is 133 Å². The quantitative estimate of drug-likeness (QED) is 0.0294. The molecule has 2 atom stereocenters. The van der Waals surface area contributed by atoms with Crippen molar-refractivity contribution in [1.29, 1.82) is 0 Å². The Hall–Kier alpha value is -3.60. The number of cyclic esters (lactones) is 1. The second-order valence-corrected chi connectivity index (χ2v) is 28.9. The summed E-state index contributed by atoms with van der Waals surface area (Å²) in [5.41, 5.74) is -1.12. The molecule has 7 heteroatoms. The number of rotatable bonds is 26. The van der Waals surface area contributed by atoms with E-state index in [2.05, 4.69) is 182 Å². The van der Waals surface area contributed by atoms with E-state index in [0.29, 0.717) is 12.8 Å². The van der Waals surface area contributed by atoms with Crippen molar-refractivity contribution >= 4 is 43.4 Å². The minimum Gasteiger partial charge on any atom is -0.454 e. The fourth-order valence-electron chi connectivity index (χ4n) is 9.95. The number of ether oxygens (including phenoxy) is 1. The predicted molar refractivity (Wildman–Crippen MR) is 270 cm³/mol. The molecule has 5 rings (SSSR count). The van der Waals surface area contributed by atoms with Crippen LogP contribution in [0.2, 0.25) is 10.1 Å². The van der Waals surface area contributed by atoms with Gasteiger partial charge in [-0.05, 0) is 62.9 Å². The van der Waals surface area contributed by atoms with Gasteiger partial charge < -0.3 is 18.7 Å². The summed E-state index contributed by atoms with van der Waals surface area (Å²) in [6.07, 6.45) is 20.7. The maximum Gasteiger partial charge on any atom is 0.312 e. The number of esters is 1. The van der Waals surface area contributed by atoms with Crippen LogP contribution in [0.5, 0.6) is 0 Å². The molecule has 0 bridgehead atoms. The smallest absolute Gasteiger partial charge is 0.312 e. The molecule has 342 valence electrons. The molecule has 1 aliphatic rings. The average Bonchev–Trinajstić information content (AvgIpc) is 3.61. The zero-order valence-corrected chi connectivity index (χ0v) is 42.0. The van der Waals surface area contributed by atoms with Crippen LogP contribution in [-0.2, 0) is 18.4 Å². The van der Waals surface area contributed by atoms with E-state index in [-0.39, 0.29) is 29.3 Å². The van der Waals surface area contributed by atoms with Crippen LogP contribution in [0, 0.1) is 5.92 Å². The van der Waals surface area contributed by atoms with E-state index in [1.807, 2.05) is 0 Å². The summed E-state index contributed by atoms with van der Waals surface area (Å²) in [7, 11) is -6.06. The van der Waals surface area contributed by atoms with Gasteiger partial charge in [0.05, 0.1) is 25.2 Å². The number of carbonyl (C=O) groups is 1. The Balaban J connectivity index is 1.36. The topological polar surface area (TPSA) is 65.0 Å². The second kappa shape index (κ2) is 24.1. The van der Waals surface area contributed by atoms with Gasteiger partial charge in [0.2, 0.25) is 0 Å². The zero-order valence-electron chi connectivity index (χ0n) is 40.0. The summed E-state index contributed by atoms with van der Waals surface area (Å²) in [6.45, 7) is 16.2. The van der Waals surface area contributed by atoms with Crippen LogP contribution in [-0.4, -0.2) is 52.6 Å². The first kappa shape index (κ1) is 50.4. The van der Waals surface area contributed by atoms with Gasteiger partial charge in [-0.3, -0.25) is 4.79 Å². The number of hydrogen-bond donors (Lipinski definition) is 1. The van der Waals surface area contributed by atoms with Crippen LogP contribution in [0.1, 0.15) is 145 Å². The highest BCUT2D eigenvalue weighted by atomic mass is 28.4. The third-order valence-electron chi connectivity index (χ3n) is 13.4. The molecule has 1 saturated heterocycles. The monoisotopic (exact) mass is 889 g/mol. The maximum atomic E-state index is 14.2. The SMILES string of the molecule is CCCCCCCC/C=C\CCCCCCCC(O)C1CC(CO[Si](c2ccccc2)(c2ccccc2)C(C)(C)C)(CO[Si](c2ccccc2)(c2ccccc2)C(C)(C)C)OC1=O. The normalized spacial score (nSPS) is 16.4. The van der Waals surface area contributed by atoms with E-state index >= 15 is 0 Å². The first-order valence-electron chi connectivity index (χ1n) is 24.4. The zero-order chi connectivity index (χ0) is 45.2. The molecule has 0 radical (unpaired) electrons. The molecule has 0 aliphatic carbocycles. The summed E-state index contributed by atoms with van der Waals surface area (Å²) in [6, 6.07) is 42.5. The van der Waals surface area contributed by atoms with Crippen LogP contribution < -0.4 is 20.7 Å². The standard InChI is InChI=1S/C56H80O5Si2/c1-8-9-10-11-12-13-14-15-16-17-18-19-20-21-34-43-52(57)51-44-56(61-53(51)58,45-59-62(54(2,3)4,47-35-26-22-27-36-47)48-37-28-23-29-38-48)46-60-63(55(5,6)7,49-39-30-24-31-40-49)50-41-32-25-33-42-50/h15-16,22-33,35-42,51-52,57H,8-14,17-21,34,43-46H2,1-7H3/b16-15-. The third kappa shape index (κ3) is 13.0. The van der Waals surface area contributed by atoms with Crippen LogP contribution in [0.15, 0.2) is 133 Å². The number of hydrogen-bond acceptors (Lipinski definition) is 5. The van der Waals surface area contributed by atoms with Gasteiger partial charge in [0, 0.05) is 6.42 Å². The van der Waals surface area contributed by atoms with E-state index in [9.17, 15) is 9.90 Å². The van der Waals surface area contributed by atoms with Crippen molar-refractivity contribution in [3.8, 4) is 0 Å². The molecular formula is C56H80O5Si2. The molecule has 0 aromatic heterocycles. The van der Waals surface area contributed by atoms with Crippen LogP contribution >= 0.6 is 0 Å². The molecule has 1 fully saturated rings. The minimum absolute atomic E-state index is 0.154. The highest BCUT2D eigenvalue weighted by molar-refractivity contribution is 7.00. The second-order valence-electron chi connectivity index (χ2n) is 20.3. The highest BCUT2D eigenvalue weighted by Crippen LogP contribution is 2.43. The third-order valence-corrected chi connectivity index (χ3v) is 23.3. The molecule has 4 aromatic carbocycles. The number of aliphatic hydroxyl groups is 1. The van der Waals surface area contributed by atoms with Gasteiger partial charge in [-0.1, -0.05) is 240 Å². The fraction of sp³-hybridized carbons (Fsp3) is 0.518. The summed E-state index contributed by atoms with van der Waals surface area (Å²) >= 11 is 0. The summed E-state index contributed by atoms with van der Waals surface area (Å²) in [5.74, 6) is -1.01. The van der Waals surface area contributed by atoms with Gasteiger partial charge in [-0.25, -0.2) is 0 Å². The highest BCUT2D eigenvalue weighted by Gasteiger charge is 2.57. The summed E-state index contributed by atoms with van der Waals surface area (Å²) in [4.78, 5) is 14.2. The summed E-state index contributed by atoms with van der Waals surface area (Å²) in [5, 5.41) is 15.9. The van der Waals surface area contributed by atoms with Gasteiger partial charge in [0.25, 0.3) is 16.6 Å². The van der Waals surface area contributed by atoms with E-state index in [0.717, 1.165) is 46.4 Å². The Morgan fingerprint density at radius 1 is 0.587 bits per heavy atom. The van der Waals surface area contributed by atoms with Gasteiger partial charge in [0.1, 0.15) is 0 Å². The lowest BCUT2D eigenvalue weighted by Gasteiger charge is -2.47. The lowest BCUT2D eigenvalue weighted by atomic mass is 9.89. The van der Waals surface area contributed by atoms with Gasteiger partial charge in [-0.15, -0.1) is 0 Å². The Morgan fingerprint density at radius 2 is 0.937 bits per heavy atom. The number of benzene rings is 4. The van der Waals surface area contributed by atoms with E-state index < -0.39 is 34.3 Å². The van der Waals surface area contributed by atoms with Gasteiger partial charge >= 0.3 is 5.97 Å². The Labute approximate surface area is 384 Å². The first-order valence-corrected chi connectivity index (χ1v) is 28.2. The maximum absolute atomic E-state index is 14.2. The van der Waals surface area contributed by atoms with Gasteiger partial charge in [0.15, 0.2) is 5.60 Å². The molecule has 63 heavy (non-hydrogen) atoms. The lowest BCUT2D eigenvalue weighted by Crippen LogP contribution is -2.69. The Kier molecular flexibility index (Phi) is 19.3. The molecule has 1 heterocycles.